The molecule has 2 aromatic rings. The lowest BCUT2D eigenvalue weighted by Gasteiger charge is -2.36. The van der Waals surface area contributed by atoms with Crippen LogP contribution in [0.1, 0.15) is 41.8 Å². The fourth-order valence-corrected chi connectivity index (χ4v) is 5.28. The predicted octanol–water partition coefficient (Wildman–Crippen LogP) is 2.05. The lowest BCUT2D eigenvalue weighted by atomic mass is 9.96. The van der Waals surface area contributed by atoms with Crippen LogP contribution in [0.4, 0.5) is 0 Å². The third kappa shape index (κ3) is 4.52. The Bertz CT molecular complexity index is 953. The number of amides is 1. The molecule has 2 heterocycles. The van der Waals surface area contributed by atoms with Gasteiger partial charge in [-0.2, -0.15) is 4.31 Å². The summed E-state index contributed by atoms with van der Waals surface area (Å²) in [6.07, 6.45) is 3.98. The minimum absolute atomic E-state index is 0.0578. The molecule has 1 aromatic carbocycles. The summed E-state index contributed by atoms with van der Waals surface area (Å²) in [4.78, 5) is 17.6. The van der Waals surface area contributed by atoms with E-state index in [1.165, 1.54) is 21.7 Å². The number of aromatic nitrogens is 2. The standard InChI is InChI=1S/C20H28N4O4S/c1-5-24(29(26,27)19-13-23(4)14-21-19)17-10-11-28-18(12-17)15-6-8-16(9-7-15)20(25)22(2)3/h6-9,13-14,17-18H,5,10-12H2,1-4H3/t17-,18+/m1/s1. The Morgan fingerprint density at radius 1 is 1.28 bits per heavy atom. The average molecular weight is 421 g/mol. The maximum Gasteiger partial charge on any atom is 0.262 e. The van der Waals surface area contributed by atoms with Crippen LogP contribution >= 0.6 is 0 Å². The first-order chi connectivity index (χ1) is 13.7. The molecule has 3 rings (SSSR count). The number of carbonyl (C=O) groups is 1. The fraction of sp³-hybridized carbons (Fsp3) is 0.500. The zero-order valence-corrected chi connectivity index (χ0v) is 18.1. The third-order valence-corrected chi connectivity index (χ3v) is 7.08. The highest BCUT2D eigenvalue weighted by molar-refractivity contribution is 7.89. The molecular weight excluding hydrogens is 392 g/mol. The van der Waals surface area contributed by atoms with Crippen molar-refractivity contribution in [1.29, 1.82) is 0 Å². The lowest BCUT2D eigenvalue weighted by Crippen LogP contribution is -2.44. The summed E-state index contributed by atoms with van der Waals surface area (Å²) < 4.78 is 35.2. The van der Waals surface area contributed by atoms with Crippen LogP contribution in [0.25, 0.3) is 0 Å². The molecule has 1 fully saturated rings. The highest BCUT2D eigenvalue weighted by Crippen LogP contribution is 2.33. The van der Waals surface area contributed by atoms with Crippen molar-refractivity contribution in [2.75, 3.05) is 27.2 Å². The van der Waals surface area contributed by atoms with Gasteiger partial charge in [-0.15, -0.1) is 0 Å². The van der Waals surface area contributed by atoms with E-state index in [9.17, 15) is 13.2 Å². The van der Waals surface area contributed by atoms with Crippen LogP contribution in [0.15, 0.2) is 41.8 Å². The first kappa shape index (κ1) is 21.5. The van der Waals surface area contributed by atoms with Gasteiger partial charge < -0.3 is 14.2 Å². The number of imidazole rings is 1. The monoisotopic (exact) mass is 420 g/mol. The van der Waals surface area contributed by atoms with Crippen molar-refractivity contribution in [1.82, 2.24) is 18.8 Å². The Morgan fingerprint density at radius 3 is 2.52 bits per heavy atom. The van der Waals surface area contributed by atoms with Gasteiger partial charge in [-0.05, 0) is 30.5 Å². The second kappa shape index (κ2) is 8.64. The van der Waals surface area contributed by atoms with E-state index in [1.807, 2.05) is 19.1 Å². The highest BCUT2D eigenvalue weighted by Gasteiger charge is 2.36. The van der Waals surface area contributed by atoms with E-state index in [1.54, 1.807) is 37.8 Å². The predicted molar refractivity (Wildman–Crippen MR) is 109 cm³/mol. The highest BCUT2D eigenvalue weighted by atomic mass is 32.2. The number of aryl methyl sites for hydroxylation is 1. The van der Waals surface area contributed by atoms with Crippen LogP contribution in [-0.2, 0) is 21.8 Å². The maximum atomic E-state index is 13.1. The Balaban J connectivity index is 1.78. The van der Waals surface area contributed by atoms with Gasteiger partial charge in [0.1, 0.15) is 0 Å². The van der Waals surface area contributed by atoms with Crippen molar-refractivity contribution in [2.24, 2.45) is 7.05 Å². The summed E-state index contributed by atoms with van der Waals surface area (Å²) >= 11 is 0. The van der Waals surface area contributed by atoms with Crippen LogP contribution in [0.2, 0.25) is 0 Å². The molecule has 29 heavy (non-hydrogen) atoms. The van der Waals surface area contributed by atoms with E-state index in [4.69, 9.17) is 4.74 Å². The van der Waals surface area contributed by atoms with Crippen molar-refractivity contribution in [3.63, 3.8) is 0 Å². The molecule has 1 saturated heterocycles. The topological polar surface area (TPSA) is 84.7 Å². The van der Waals surface area contributed by atoms with Crippen molar-refractivity contribution >= 4 is 15.9 Å². The van der Waals surface area contributed by atoms with Crippen molar-refractivity contribution in [2.45, 2.75) is 36.9 Å². The molecule has 0 bridgehead atoms. The quantitative estimate of drug-likeness (QED) is 0.714. The molecule has 1 aliphatic heterocycles. The molecule has 0 aliphatic carbocycles. The summed E-state index contributed by atoms with van der Waals surface area (Å²) in [5.41, 5.74) is 1.55. The van der Waals surface area contributed by atoms with E-state index < -0.39 is 10.0 Å². The van der Waals surface area contributed by atoms with Crippen LogP contribution < -0.4 is 0 Å². The van der Waals surface area contributed by atoms with E-state index in [0.717, 1.165) is 5.56 Å². The Kier molecular flexibility index (Phi) is 6.40. The van der Waals surface area contributed by atoms with E-state index in [2.05, 4.69) is 4.98 Å². The summed E-state index contributed by atoms with van der Waals surface area (Å²) in [6, 6.07) is 7.16. The molecule has 0 unspecified atom stereocenters. The third-order valence-electron chi connectivity index (χ3n) is 5.17. The number of benzene rings is 1. The number of carbonyl (C=O) groups excluding carboxylic acids is 1. The molecule has 0 N–H and O–H groups in total. The summed E-state index contributed by atoms with van der Waals surface area (Å²) in [5.74, 6) is -0.0578. The van der Waals surface area contributed by atoms with Gasteiger partial charge >= 0.3 is 0 Å². The van der Waals surface area contributed by atoms with E-state index in [0.29, 0.717) is 31.6 Å². The lowest BCUT2D eigenvalue weighted by molar-refractivity contribution is -0.0128. The average Bonchev–Trinajstić information content (AvgIpc) is 3.15. The van der Waals surface area contributed by atoms with Crippen LogP contribution in [0.3, 0.4) is 0 Å². The number of hydrogen-bond donors (Lipinski definition) is 0. The number of rotatable bonds is 6. The molecular formula is C20H28N4O4S. The van der Waals surface area contributed by atoms with Crippen molar-refractivity contribution in [3.8, 4) is 0 Å². The molecule has 0 spiro atoms. The zero-order valence-electron chi connectivity index (χ0n) is 17.3. The largest absolute Gasteiger partial charge is 0.373 e. The van der Waals surface area contributed by atoms with Gasteiger partial charge in [-0.1, -0.05) is 19.1 Å². The number of ether oxygens (including phenoxy) is 1. The smallest absolute Gasteiger partial charge is 0.262 e. The van der Waals surface area contributed by atoms with Crippen LogP contribution in [-0.4, -0.2) is 66.4 Å². The zero-order chi connectivity index (χ0) is 21.2. The van der Waals surface area contributed by atoms with Gasteiger partial charge in [0.2, 0.25) is 0 Å². The van der Waals surface area contributed by atoms with Gasteiger partial charge in [-0.3, -0.25) is 4.79 Å². The molecule has 158 valence electrons. The molecule has 9 heteroatoms. The Labute approximate surface area is 172 Å². The van der Waals surface area contributed by atoms with Gasteiger partial charge in [0.15, 0.2) is 5.03 Å². The SMILES string of the molecule is CCN([C@@H]1CCO[C@H](c2ccc(C(=O)N(C)C)cc2)C1)S(=O)(=O)c1cn(C)cn1. The summed E-state index contributed by atoms with van der Waals surface area (Å²) in [7, 11) is 1.51. The van der Waals surface area contributed by atoms with Crippen LogP contribution in [0, 0.1) is 0 Å². The molecule has 0 saturated carbocycles. The summed E-state index contributed by atoms with van der Waals surface area (Å²) in [5, 5.41) is 0.0662. The number of hydrogen-bond acceptors (Lipinski definition) is 5. The molecule has 0 radical (unpaired) electrons. The molecule has 1 amide bonds. The molecule has 1 aliphatic rings. The van der Waals surface area contributed by atoms with Crippen LogP contribution in [0.5, 0.6) is 0 Å². The minimum atomic E-state index is -3.67. The second-order valence-electron chi connectivity index (χ2n) is 7.44. The Morgan fingerprint density at radius 2 is 1.97 bits per heavy atom. The molecule has 8 nitrogen and oxygen atoms in total. The van der Waals surface area contributed by atoms with Crippen molar-refractivity contribution < 1.29 is 17.9 Å². The van der Waals surface area contributed by atoms with Gasteiger partial charge in [-0.25, -0.2) is 13.4 Å². The summed E-state index contributed by atoms with van der Waals surface area (Å²) in [6.45, 7) is 2.68. The number of sulfonamides is 1. The second-order valence-corrected chi connectivity index (χ2v) is 9.28. The Hall–Kier alpha value is -2.23. The van der Waals surface area contributed by atoms with Crippen molar-refractivity contribution in [3.05, 3.63) is 47.9 Å². The van der Waals surface area contributed by atoms with E-state index in [-0.39, 0.29) is 23.1 Å². The first-order valence-corrected chi connectivity index (χ1v) is 11.1. The van der Waals surface area contributed by atoms with Gasteiger partial charge in [0.25, 0.3) is 15.9 Å². The fourth-order valence-electron chi connectivity index (χ4n) is 3.64. The number of nitrogens with zero attached hydrogens (tertiary/aromatic N) is 4. The molecule has 2 atom stereocenters. The van der Waals surface area contributed by atoms with Gasteiger partial charge in [0, 0.05) is 52.1 Å². The minimum Gasteiger partial charge on any atom is -0.373 e. The molecule has 1 aromatic heterocycles. The van der Waals surface area contributed by atoms with Gasteiger partial charge in [0.05, 0.1) is 12.4 Å². The van der Waals surface area contributed by atoms with E-state index >= 15 is 0 Å². The normalized spacial score (nSPS) is 20.0. The first-order valence-electron chi connectivity index (χ1n) is 9.67. The maximum absolute atomic E-state index is 13.1.